The Labute approximate surface area is 142 Å². The van der Waals surface area contributed by atoms with Crippen molar-refractivity contribution in [3.63, 3.8) is 0 Å². The number of nitrogens with one attached hydrogen (secondary N) is 1. The predicted molar refractivity (Wildman–Crippen MR) is 93.3 cm³/mol. The average Bonchev–Trinajstić information content (AvgIpc) is 3.36. The van der Waals surface area contributed by atoms with Crippen LogP contribution >= 0.6 is 0 Å². The molecule has 1 saturated carbocycles. The first-order valence-corrected chi connectivity index (χ1v) is 10.0. The zero-order chi connectivity index (χ0) is 16.7. The summed E-state index contributed by atoms with van der Waals surface area (Å²) in [4.78, 5) is 0. The van der Waals surface area contributed by atoms with E-state index in [1.807, 2.05) is 0 Å². The Morgan fingerprint density at radius 1 is 1.35 bits per heavy atom. The van der Waals surface area contributed by atoms with Gasteiger partial charge >= 0.3 is 0 Å². The van der Waals surface area contributed by atoms with E-state index in [1.165, 1.54) is 18.9 Å². The Kier molecular flexibility index (Phi) is 7.66. The molecule has 1 aliphatic rings. The molecule has 130 valence electrons. The van der Waals surface area contributed by atoms with Gasteiger partial charge in [0.05, 0.1) is 12.6 Å². The third-order valence-corrected chi connectivity index (χ3v) is 5.27. The fourth-order valence-corrected chi connectivity index (χ4v) is 3.65. The largest absolute Gasteiger partial charge is 0.598 e. The number of hydrogen-bond acceptors (Lipinski definition) is 3. The minimum atomic E-state index is -1.05. The Morgan fingerprint density at radius 3 is 2.78 bits per heavy atom. The van der Waals surface area contributed by atoms with Gasteiger partial charge in [-0.3, -0.25) is 0 Å². The molecular weight excluding hydrogens is 313 g/mol. The van der Waals surface area contributed by atoms with Gasteiger partial charge in [0.15, 0.2) is 11.6 Å². The minimum Gasteiger partial charge on any atom is -0.598 e. The van der Waals surface area contributed by atoms with Crippen molar-refractivity contribution in [3.8, 4) is 5.75 Å². The van der Waals surface area contributed by atoms with Gasteiger partial charge in [-0.1, -0.05) is 32.8 Å². The van der Waals surface area contributed by atoms with Gasteiger partial charge < -0.3 is 9.29 Å². The number of rotatable bonds is 11. The summed E-state index contributed by atoms with van der Waals surface area (Å²) in [6.45, 7) is 4.77. The standard InChI is InChI=1S/C18H28FNO2S/c1-3-5-11-23(21)20-17(6-4-2)15-9-10-16(19)18(12-15)22-13-14-7-8-14/h9-10,12,14,17,20H,3-8,11,13H2,1-2H3/t17-,23+/m1/s1. The van der Waals surface area contributed by atoms with E-state index < -0.39 is 11.4 Å². The first-order valence-electron chi connectivity index (χ1n) is 8.70. The maximum atomic E-state index is 13.9. The Morgan fingerprint density at radius 2 is 2.13 bits per heavy atom. The van der Waals surface area contributed by atoms with Crippen molar-refractivity contribution in [1.29, 1.82) is 0 Å². The number of halogens is 1. The van der Waals surface area contributed by atoms with Gasteiger partial charge in [0.25, 0.3) is 0 Å². The van der Waals surface area contributed by atoms with E-state index in [4.69, 9.17) is 4.74 Å². The molecule has 0 unspecified atom stereocenters. The second-order valence-electron chi connectivity index (χ2n) is 6.31. The van der Waals surface area contributed by atoms with Crippen molar-refractivity contribution in [1.82, 2.24) is 4.72 Å². The molecule has 23 heavy (non-hydrogen) atoms. The van der Waals surface area contributed by atoms with Gasteiger partial charge in [-0.25, -0.2) is 4.39 Å². The third kappa shape index (κ3) is 6.32. The fraction of sp³-hybridized carbons (Fsp3) is 0.667. The summed E-state index contributed by atoms with van der Waals surface area (Å²) in [5, 5.41) is 0. The van der Waals surface area contributed by atoms with E-state index in [2.05, 4.69) is 18.6 Å². The highest BCUT2D eigenvalue weighted by molar-refractivity contribution is 7.89. The van der Waals surface area contributed by atoms with E-state index in [-0.39, 0.29) is 11.9 Å². The van der Waals surface area contributed by atoms with E-state index in [1.54, 1.807) is 12.1 Å². The molecule has 0 amide bonds. The maximum absolute atomic E-state index is 13.9. The summed E-state index contributed by atoms with van der Waals surface area (Å²) >= 11 is -1.05. The second-order valence-corrected chi connectivity index (χ2v) is 7.64. The molecule has 0 heterocycles. The fourth-order valence-electron chi connectivity index (χ4n) is 2.41. The highest BCUT2D eigenvalue weighted by Crippen LogP contribution is 2.31. The predicted octanol–water partition coefficient (Wildman–Crippen LogP) is 4.51. The van der Waals surface area contributed by atoms with Crippen molar-refractivity contribution in [2.24, 2.45) is 5.92 Å². The number of benzene rings is 1. The molecule has 0 spiro atoms. The van der Waals surface area contributed by atoms with Crippen LogP contribution in [0.5, 0.6) is 5.75 Å². The first-order chi connectivity index (χ1) is 11.1. The number of hydrogen-bond donors (Lipinski definition) is 1. The molecule has 0 aliphatic heterocycles. The smallest absolute Gasteiger partial charge is 0.165 e. The number of ether oxygens (including phenoxy) is 1. The quantitative estimate of drug-likeness (QED) is 0.602. The lowest BCUT2D eigenvalue weighted by molar-refractivity contribution is 0.284. The molecule has 1 aromatic rings. The van der Waals surface area contributed by atoms with E-state index in [9.17, 15) is 8.94 Å². The second kappa shape index (κ2) is 9.50. The molecule has 2 atom stereocenters. The monoisotopic (exact) mass is 341 g/mol. The van der Waals surface area contributed by atoms with Crippen molar-refractivity contribution < 1.29 is 13.7 Å². The summed E-state index contributed by atoms with van der Waals surface area (Å²) < 4.78 is 34.9. The normalized spacial score (nSPS) is 17.0. The molecule has 1 aliphatic carbocycles. The van der Waals surface area contributed by atoms with Gasteiger partial charge in [-0.2, -0.15) is 0 Å². The van der Waals surface area contributed by atoms with Crippen LogP contribution in [0.3, 0.4) is 0 Å². The van der Waals surface area contributed by atoms with Crippen LogP contribution in [0.15, 0.2) is 18.2 Å². The summed E-state index contributed by atoms with van der Waals surface area (Å²) in [7, 11) is 0. The Bertz CT molecular complexity index is 482. The SMILES string of the molecule is CCCC[S@+]([O-])N[C@H](CCC)c1ccc(F)c(OCC2CC2)c1. The van der Waals surface area contributed by atoms with Crippen LogP contribution in [0.2, 0.25) is 0 Å². The van der Waals surface area contributed by atoms with Gasteiger partial charge in [0.1, 0.15) is 5.75 Å². The van der Waals surface area contributed by atoms with Gasteiger partial charge in [-0.15, -0.1) is 4.72 Å². The van der Waals surface area contributed by atoms with Gasteiger partial charge in [0.2, 0.25) is 0 Å². The third-order valence-electron chi connectivity index (χ3n) is 4.06. The zero-order valence-electron chi connectivity index (χ0n) is 14.1. The maximum Gasteiger partial charge on any atom is 0.165 e. The molecule has 2 rings (SSSR count). The lowest BCUT2D eigenvalue weighted by atomic mass is 10.0. The lowest BCUT2D eigenvalue weighted by Gasteiger charge is -2.21. The molecule has 1 N–H and O–H groups in total. The van der Waals surface area contributed by atoms with Crippen LogP contribution < -0.4 is 9.46 Å². The van der Waals surface area contributed by atoms with Crippen LogP contribution in [-0.2, 0) is 11.4 Å². The van der Waals surface area contributed by atoms with Crippen molar-refractivity contribution in [3.05, 3.63) is 29.6 Å². The molecular formula is C18H28FNO2S. The lowest BCUT2D eigenvalue weighted by Crippen LogP contribution is -2.30. The van der Waals surface area contributed by atoms with E-state index in [0.29, 0.717) is 24.0 Å². The van der Waals surface area contributed by atoms with E-state index >= 15 is 0 Å². The highest BCUT2D eigenvalue weighted by Gasteiger charge is 2.23. The van der Waals surface area contributed by atoms with Crippen LogP contribution in [0.25, 0.3) is 0 Å². The zero-order valence-corrected chi connectivity index (χ0v) is 15.0. The molecule has 5 heteroatoms. The molecule has 0 radical (unpaired) electrons. The average molecular weight is 341 g/mol. The Balaban J connectivity index is 2.02. The van der Waals surface area contributed by atoms with E-state index in [0.717, 1.165) is 31.2 Å². The van der Waals surface area contributed by atoms with Crippen molar-refractivity contribution in [2.45, 2.75) is 58.4 Å². The van der Waals surface area contributed by atoms with Crippen LogP contribution in [0.4, 0.5) is 4.39 Å². The molecule has 0 aromatic heterocycles. The summed E-state index contributed by atoms with van der Waals surface area (Å²) in [5.74, 6) is 1.24. The number of unbranched alkanes of at least 4 members (excludes halogenated alkanes) is 1. The van der Waals surface area contributed by atoms with Gasteiger partial charge in [-0.05, 0) is 49.3 Å². The van der Waals surface area contributed by atoms with Crippen LogP contribution in [-0.4, -0.2) is 16.9 Å². The summed E-state index contributed by atoms with van der Waals surface area (Å²) in [6, 6.07) is 4.96. The van der Waals surface area contributed by atoms with Crippen LogP contribution in [0.1, 0.15) is 64.0 Å². The minimum absolute atomic E-state index is 0.0263. The van der Waals surface area contributed by atoms with Gasteiger partial charge in [0, 0.05) is 11.4 Å². The highest BCUT2D eigenvalue weighted by atomic mass is 32.2. The molecule has 1 aromatic carbocycles. The molecule has 1 fully saturated rings. The first kappa shape index (κ1) is 18.6. The molecule has 0 bridgehead atoms. The van der Waals surface area contributed by atoms with Crippen molar-refractivity contribution in [2.75, 3.05) is 12.4 Å². The van der Waals surface area contributed by atoms with Crippen molar-refractivity contribution >= 4 is 11.4 Å². The topological polar surface area (TPSA) is 44.3 Å². The summed E-state index contributed by atoms with van der Waals surface area (Å²) in [5.41, 5.74) is 0.948. The molecule has 0 saturated heterocycles. The molecule has 3 nitrogen and oxygen atoms in total. The summed E-state index contributed by atoms with van der Waals surface area (Å²) in [6.07, 6.45) is 6.17. The Hall–Kier alpha value is -0.780. The van der Waals surface area contributed by atoms with Crippen LogP contribution in [0, 0.1) is 11.7 Å².